The van der Waals surface area contributed by atoms with Crippen molar-refractivity contribution in [2.75, 3.05) is 27.3 Å². The molecule has 1 aliphatic rings. The fraction of sp³-hybridized carbons (Fsp3) is 1.00. The molecule has 1 atom stereocenters. The molecule has 0 radical (unpaired) electrons. The van der Waals surface area contributed by atoms with E-state index < -0.39 is 0 Å². The Morgan fingerprint density at radius 2 is 2.07 bits per heavy atom. The van der Waals surface area contributed by atoms with Crippen LogP contribution in [0.2, 0.25) is 6.04 Å². The van der Waals surface area contributed by atoms with Gasteiger partial charge < -0.3 is 9.47 Å². The maximum atomic E-state index is 5.39. The van der Waals surface area contributed by atoms with Crippen molar-refractivity contribution in [1.29, 1.82) is 0 Å². The molecule has 1 heterocycles. The molecule has 0 spiro atoms. The molecule has 0 saturated carbocycles. The van der Waals surface area contributed by atoms with E-state index in [9.17, 15) is 0 Å². The molecule has 90 valence electrons. The van der Waals surface area contributed by atoms with Gasteiger partial charge in [-0.2, -0.15) is 0 Å². The first-order valence-electron chi connectivity index (χ1n) is 6.13. The average molecular weight is 231 g/mol. The van der Waals surface area contributed by atoms with E-state index in [4.69, 9.17) is 9.47 Å². The molecule has 15 heavy (non-hydrogen) atoms. The van der Waals surface area contributed by atoms with Gasteiger partial charge in [0.25, 0.3) is 0 Å². The molecule has 0 aromatic heterocycles. The summed E-state index contributed by atoms with van der Waals surface area (Å²) in [5.74, 6) is 0. The van der Waals surface area contributed by atoms with E-state index in [1.54, 1.807) is 14.2 Å². The van der Waals surface area contributed by atoms with Gasteiger partial charge in [-0.05, 0) is 32.4 Å². The summed E-state index contributed by atoms with van der Waals surface area (Å²) in [4.78, 5) is 2.55. The van der Waals surface area contributed by atoms with E-state index in [1.807, 2.05) is 0 Å². The minimum atomic E-state index is -0.0422. The predicted molar refractivity (Wildman–Crippen MR) is 66.4 cm³/mol. The number of likely N-dealkylation sites (tertiary alicyclic amines) is 1. The van der Waals surface area contributed by atoms with Gasteiger partial charge in [-0.1, -0.05) is 12.5 Å². The summed E-state index contributed by atoms with van der Waals surface area (Å²) >= 11 is 0. The predicted octanol–water partition coefficient (Wildman–Crippen LogP) is 0.634. The Balaban J connectivity index is 2.48. The highest BCUT2D eigenvalue weighted by atomic mass is 28.1. The van der Waals surface area contributed by atoms with Crippen LogP contribution < -0.4 is 0 Å². The number of rotatable bonds is 6. The zero-order valence-corrected chi connectivity index (χ0v) is 12.4. The van der Waals surface area contributed by atoms with Crippen LogP contribution in [0.3, 0.4) is 0 Å². The maximum absolute atomic E-state index is 5.39. The number of hydrogen-bond donors (Lipinski definition) is 0. The Hall–Kier alpha value is 0.0969. The molecule has 0 N–H and O–H groups in total. The Morgan fingerprint density at radius 3 is 2.67 bits per heavy atom. The molecule has 1 fully saturated rings. The topological polar surface area (TPSA) is 21.7 Å². The lowest BCUT2D eigenvalue weighted by Gasteiger charge is -2.38. The second-order valence-electron chi connectivity index (χ2n) is 4.29. The second-order valence-corrected chi connectivity index (χ2v) is 5.29. The summed E-state index contributed by atoms with van der Waals surface area (Å²) in [5, 5.41) is 0. The van der Waals surface area contributed by atoms with Gasteiger partial charge in [-0.25, -0.2) is 0 Å². The van der Waals surface area contributed by atoms with Crippen molar-refractivity contribution < 1.29 is 9.47 Å². The molecule has 0 aliphatic carbocycles. The lowest BCUT2D eigenvalue weighted by Crippen LogP contribution is -2.48. The smallest absolute Gasteiger partial charge is 0.172 e. The van der Waals surface area contributed by atoms with E-state index in [0.29, 0.717) is 6.04 Å². The molecule has 4 heteroatoms. The SMILES string of the molecule is COC(OC)C1CCCCN1CCC[SiH3]. The monoisotopic (exact) mass is 231 g/mol. The largest absolute Gasteiger partial charge is 0.354 e. The zero-order valence-electron chi connectivity index (χ0n) is 10.4. The first-order valence-corrected chi connectivity index (χ1v) is 7.54. The van der Waals surface area contributed by atoms with Gasteiger partial charge in [0, 0.05) is 24.5 Å². The zero-order chi connectivity index (χ0) is 11.1. The highest BCUT2D eigenvalue weighted by molar-refractivity contribution is 6.08. The third-order valence-electron chi connectivity index (χ3n) is 3.24. The summed E-state index contributed by atoms with van der Waals surface area (Å²) in [6.45, 7) is 2.44. The quantitative estimate of drug-likeness (QED) is 0.494. The molecule has 0 aromatic rings. The molecule has 1 unspecified atom stereocenters. The maximum Gasteiger partial charge on any atom is 0.172 e. The highest BCUT2D eigenvalue weighted by Crippen LogP contribution is 2.21. The van der Waals surface area contributed by atoms with Gasteiger partial charge in [0.2, 0.25) is 0 Å². The van der Waals surface area contributed by atoms with E-state index in [2.05, 4.69) is 4.90 Å². The van der Waals surface area contributed by atoms with Crippen molar-refractivity contribution in [3.05, 3.63) is 0 Å². The Bertz CT molecular complexity index is 165. The summed E-state index contributed by atoms with van der Waals surface area (Å²) in [7, 11) is 4.81. The van der Waals surface area contributed by atoms with Crippen LogP contribution in [0.5, 0.6) is 0 Å². The third-order valence-corrected chi connectivity index (χ3v) is 3.95. The first kappa shape index (κ1) is 13.2. The first-order chi connectivity index (χ1) is 7.33. The van der Waals surface area contributed by atoms with E-state index in [1.165, 1.54) is 55.1 Å². The van der Waals surface area contributed by atoms with Crippen LogP contribution >= 0.6 is 0 Å². The van der Waals surface area contributed by atoms with E-state index in [-0.39, 0.29) is 6.29 Å². The highest BCUT2D eigenvalue weighted by Gasteiger charge is 2.29. The molecule has 0 aromatic carbocycles. The number of hydrogen-bond acceptors (Lipinski definition) is 3. The van der Waals surface area contributed by atoms with Crippen molar-refractivity contribution in [3.63, 3.8) is 0 Å². The number of nitrogens with zero attached hydrogens (tertiary/aromatic N) is 1. The summed E-state index contributed by atoms with van der Waals surface area (Å²) in [6.07, 6.45) is 5.15. The van der Waals surface area contributed by atoms with Gasteiger partial charge in [0.1, 0.15) is 0 Å². The number of methoxy groups -OCH3 is 2. The van der Waals surface area contributed by atoms with Gasteiger partial charge in [-0.3, -0.25) is 4.90 Å². The molecular formula is C11H25NO2Si. The lowest BCUT2D eigenvalue weighted by molar-refractivity contribution is -0.153. The van der Waals surface area contributed by atoms with Crippen molar-refractivity contribution in [1.82, 2.24) is 4.90 Å². The summed E-state index contributed by atoms with van der Waals surface area (Å²) < 4.78 is 10.8. The number of ether oxygens (including phenoxy) is 2. The molecule has 0 amide bonds. The van der Waals surface area contributed by atoms with Crippen molar-refractivity contribution in [3.8, 4) is 0 Å². The Labute approximate surface area is 96.5 Å². The van der Waals surface area contributed by atoms with Crippen LogP contribution in [0.25, 0.3) is 0 Å². The number of piperidine rings is 1. The van der Waals surface area contributed by atoms with Crippen molar-refractivity contribution in [2.24, 2.45) is 0 Å². The molecule has 1 saturated heterocycles. The van der Waals surface area contributed by atoms with Crippen LogP contribution in [0, 0.1) is 0 Å². The van der Waals surface area contributed by atoms with Crippen LogP contribution in [-0.2, 0) is 9.47 Å². The second kappa shape index (κ2) is 7.38. The van der Waals surface area contributed by atoms with Gasteiger partial charge in [0.05, 0.1) is 6.04 Å². The fourth-order valence-electron chi connectivity index (χ4n) is 2.37. The normalized spacial score (nSPS) is 23.8. The summed E-state index contributed by atoms with van der Waals surface area (Å²) in [6, 6.07) is 1.87. The van der Waals surface area contributed by atoms with Crippen molar-refractivity contribution in [2.45, 2.75) is 44.1 Å². The standard InChI is InChI=1S/C11H25NO2Si/c1-13-11(14-2)10-6-3-4-7-12(10)8-5-9-15/h10-11H,3-9H2,1-2,15H3. The Morgan fingerprint density at radius 1 is 1.33 bits per heavy atom. The molecule has 1 rings (SSSR count). The van der Waals surface area contributed by atoms with Gasteiger partial charge in [-0.15, -0.1) is 0 Å². The minimum absolute atomic E-state index is 0.0422. The van der Waals surface area contributed by atoms with Crippen LogP contribution in [0.15, 0.2) is 0 Å². The molecule has 1 aliphatic heterocycles. The summed E-state index contributed by atoms with van der Waals surface area (Å²) in [5.41, 5.74) is 0. The average Bonchev–Trinajstić information content (AvgIpc) is 2.29. The van der Waals surface area contributed by atoms with E-state index in [0.717, 1.165) is 0 Å². The van der Waals surface area contributed by atoms with Crippen LogP contribution in [0.1, 0.15) is 25.7 Å². The molecular weight excluding hydrogens is 206 g/mol. The third kappa shape index (κ3) is 3.87. The lowest BCUT2D eigenvalue weighted by atomic mass is 10.0. The van der Waals surface area contributed by atoms with Crippen LogP contribution in [0.4, 0.5) is 0 Å². The van der Waals surface area contributed by atoms with Gasteiger partial charge in [0.15, 0.2) is 6.29 Å². The van der Waals surface area contributed by atoms with Crippen molar-refractivity contribution >= 4 is 10.2 Å². The van der Waals surface area contributed by atoms with E-state index >= 15 is 0 Å². The molecule has 3 nitrogen and oxygen atoms in total. The van der Waals surface area contributed by atoms with Gasteiger partial charge >= 0.3 is 0 Å². The fourth-order valence-corrected chi connectivity index (χ4v) is 2.69. The molecule has 0 bridgehead atoms. The minimum Gasteiger partial charge on any atom is -0.354 e. The van der Waals surface area contributed by atoms with Crippen LogP contribution in [-0.4, -0.2) is 54.8 Å². The Kier molecular flexibility index (Phi) is 6.48.